The van der Waals surface area contributed by atoms with Crippen LogP contribution in [0.5, 0.6) is 5.75 Å². The van der Waals surface area contributed by atoms with E-state index in [0.717, 1.165) is 11.3 Å². The van der Waals surface area contributed by atoms with Crippen LogP contribution in [0.15, 0.2) is 60.7 Å². The van der Waals surface area contributed by atoms with Gasteiger partial charge in [0.15, 0.2) is 0 Å². The van der Waals surface area contributed by atoms with Gasteiger partial charge in [-0.1, -0.05) is 29.8 Å². The third kappa shape index (κ3) is 4.10. The van der Waals surface area contributed by atoms with Gasteiger partial charge in [-0.05, 0) is 87.4 Å². The minimum absolute atomic E-state index is 0.0437. The summed E-state index contributed by atoms with van der Waals surface area (Å²) in [5.41, 5.74) is 1.95. The monoisotopic (exact) mass is 474 g/mol. The van der Waals surface area contributed by atoms with Crippen LogP contribution in [0.3, 0.4) is 0 Å². The molecule has 0 fully saturated rings. The maximum Gasteiger partial charge on any atom is 0.258 e. The van der Waals surface area contributed by atoms with Crippen molar-refractivity contribution in [2.24, 2.45) is 0 Å². The number of anilines is 2. The highest BCUT2D eigenvalue weighted by Crippen LogP contribution is 2.44. The number of hydrogen-bond donors (Lipinski definition) is 0. The first-order chi connectivity index (χ1) is 16.3. The fourth-order valence-electron chi connectivity index (χ4n) is 4.80. The molecule has 2 atom stereocenters. The summed E-state index contributed by atoms with van der Waals surface area (Å²) in [6, 6.07) is 23.9. The molecule has 0 saturated carbocycles. The van der Waals surface area contributed by atoms with Crippen LogP contribution in [0.25, 0.3) is 0 Å². The van der Waals surface area contributed by atoms with E-state index in [-0.39, 0.29) is 17.9 Å². The second-order valence-electron chi connectivity index (χ2n) is 8.67. The minimum atomic E-state index is -0.823. The summed E-state index contributed by atoms with van der Waals surface area (Å²) in [7, 11) is 1.59. The van der Waals surface area contributed by atoms with Crippen LogP contribution in [-0.4, -0.2) is 31.5 Å². The molecule has 0 saturated heterocycles. The van der Waals surface area contributed by atoms with Crippen LogP contribution in [0, 0.1) is 12.1 Å². The van der Waals surface area contributed by atoms with Crippen molar-refractivity contribution in [3.05, 3.63) is 88.9 Å². The van der Waals surface area contributed by atoms with Gasteiger partial charge >= 0.3 is 0 Å². The van der Waals surface area contributed by atoms with Gasteiger partial charge in [0.1, 0.15) is 5.75 Å². The number of methoxy groups -OCH3 is 1. The zero-order valence-electron chi connectivity index (χ0n) is 19.8. The molecule has 174 valence electrons. The van der Waals surface area contributed by atoms with Crippen LogP contribution in [0.2, 0.25) is 5.02 Å². The average molecular weight is 475 g/mol. The predicted molar refractivity (Wildman–Crippen MR) is 135 cm³/mol. The van der Waals surface area contributed by atoms with Crippen molar-refractivity contribution in [2.45, 2.75) is 38.6 Å². The lowest BCUT2D eigenvalue weighted by molar-refractivity contribution is -0.124. The van der Waals surface area contributed by atoms with Crippen molar-refractivity contribution >= 4 is 34.8 Å². The van der Waals surface area contributed by atoms with E-state index in [1.165, 1.54) is 0 Å². The Morgan fingerprint density at radius 1 is 1.12 bits per heavy atom. The Kier molecular flexibility index (Phi) is 6.54. The fourth-order valence-corrected chi connectivity index (χ4v) is 4.91. The normalized spacial score (nSPS) is 19.1. The largest absolute Gasteiger partial charge is 0.497 e. The molecule has 3 aromatic rings. The van der Waals surface area contributed by atoms with Crippen LogP contribution in [0.1, 0.15) is 43.1 Å². The third-order valence-electron chi connectivity index (χ3n) is 6.48. The minimum Gasteiger partial charge on any atom is -0.497 e. The Hall–Kier alpha value is -3.49. The molecular formula is C28H27ClN2O3. The number of halogens is 1. The molecule has 0 aromatic heterocycles. The van der Waals surface area contributed by atoms with E-state index in [2.05, 4.69) is 12.1 Å². The Morgan fingerprint density at radius 2 is 1.82 bits per heavy atom. The molecule has 0 radical (unpaired) electrons. The SMILES string of the molecule is CCN(C(=O)C1(C)C[C@@H](C)N(C(=O)c2ccc(OC)cc2)c2ccccc21)c1c#cc(Cl)cc1. The summed E-state index contributed by atoms with van der Waals surface area (Å²) in [4.78, 5) is 31.1. The smallest absolute Gasteiger partial charge is 0.258 e. The number of carbonyl (C=O) groups is 2. The lowest BCUT2D eigenvalue weighted by Crippen LogP contribution is -2.54. The number of rotatable bonds is 5. The predicted octanol–water partition coefficient (Wildman–Crippen LogP) is 5.70. The summed E-state index contributed by atoms with van der Waals surface area (Å²) >= 11 is 5.98. The Labute approximate surface area is 205 Å². The van der Waals surface area contributed by atoms with Crippen molar-refractivity contribution in [3.8, 4) is 5.75 Å². The number of para-hydroxylation sites is 1. The van der Waals surface area contributed by atoms with Gasteiger partial charge in [-0.2, -0.15) is 0 Å². The zero-order chi connectivity index (χ0) is 24.5. The molecule has 0 aliphatic carbocycles. The first-order valence-corrected chi connectivity index (χ1v) is 11.7. The lowest BCUT2D eigenvalue weighted by Gasteiger charge is -2.45. The molecule has 0 N–H and O–H groups in total. The quantitative estimate of drug-likeness (QED) is 0.476. The molecule has 5 nitrogen and oxygen atoms in total. The third-order valence-corrected chi connectivity index (χ3v) is 6.70. The van der Waals surface area contributed by atoms with E-state index in [9.17, 15) is 9.59 Å². The topological polar surface area (TPSA) is 49.9 Å². The Bertz CT molecular complexity index is 1190. The summed E-state index contributed by atoms with van der Waals surface area (Å²) in [5.74, 6) is 0.542. The number of hydrogen-bond acceptors (Lipinski definition) is 3. The maximum atomic E-state index is 14.0. The van der Waals surface area contributed by atoms with Crippen LogP contribution in [0.4, 0.5) is 11.4 Å². The molecule has 0 spiro atoms. The van der Waals surface area contributed by atoms with Crippen molar-refractivity contribution in [3.63, 3.8) is 0 Å². The van der Waals surface area contributed by atoms with Gasteiger partial charge in [-0.15, -0.1) is 0 Å². The van der Waals surface area contributed by atoms with Gasteiger partial charge in [-0.3, -0.25) is 9.59 Å². The molecule has 1 heterocycles. The molecule has 6 heteroatoms. The second-order valence-corrected chi connectivity index (χ2v) is 9.08. The van der Waals surface area contributed by atoms with E-state index < -0.39 is 5.41 Å². The number of likely N-dealkylation sites (N-methyl/N-ethyl adjacent to an activating group) is 1. The molecule has 0 bridgehead atoms. The number of ether oxygens (including phenoxy) is 1. The molecular weight excluding hydrogens is 448 g/mol. The highest BCUT2D eigenvalue weighted by Gasteiger charge is 2.47. The first-order valence-electron chi connectivity index (χ1n) is 11.3. The van der Waals surface area contributed by atoms with Crippen molar-refractivity contribution in [2.75, 3.05) is 23.5 Å². The van der Waals surface area contributed by atoms with Crippen LogP contribution >= 0.6 is 11.6 Å². The first kappa shape index (κ1) is 23.7. The Balaban J connectivity index is 1.74. The fraction of sp³-hybridized carbons (Fsp3) is 0.286. The van der Waals surface area contributed by atoms with Crippen LogP contribution < -0.4 is 14.5 Å². The maximum absolute atomic E-state index is 14.0. The van der Waals surface area contributed by atoms with E-state index in [1.807, 2.05) is 45.0 Å². The average Bonchev–Trinajstić information content (AvgIpc) is 2.85. The highest BCUT2D eigenvalue weighted by atomic mass is 35.5. The standard InChI is InChI=1S/C28H27ClN2O3/c1-5-30(22-14-12-21(29)13-15-22)27(33)28(3)18-19(2)31(25-9-7-6-8-24(25)28)26(32)20-10-16-23(34-4)17-11-20/h6-12,14,16-17,19H,5,18H2,1-4H3/t19-,28?/m1/s1. The zero-order valence-corrected chi connectivity index (χ0v) is 20.5. The summed E-state index contributed by atoms with van der Waals surface area (Å²) in [5, 5.41) is 0.447. The van der Waals surface area contributed by atoms with Gasteiger partial charge in [-0.25, -0.2) is 0 Å². The van der Waals surface area contributed by atoms with Gasteiger partial charge in [0.2, 0.25) is 5.91 Å². The number of amides is 2. The second kappa shape index (κ2) is 9.40. The van der Waals surface area contributed by atoms with Gasteiger partial charge < -0.3 is 14.5 Å². The Morgan fingerprint density at radius 3 is 2.44 bits per heavy atom. The van der Waals surface area contributed by atoms with E-state index >= 15 is 0 Å². The van der Waals surface area contributed by atoms with Gasteiger partial charge in [0, 0.05) is 23.8 Å². The lowest BCUT2D eigenvalue weighted by atomic mass is 9.72. The van der Waals surface area contributed by atoms with E-state index in [1.54, 1.807) is 53.3 Å². The molecule has 3 aromatic carbocycles. The molecule has 1 aliphatic heterocycles. The van der Waals surface area contributed by atoms with Crippen molar-refractivity contribution < 1.29 is 14.3 Å². The summed E-state index contributed by atoms with van der Waals surface area (Å²) < 4.78 is 5.22. The molecule has 4 rings (SSSR count). The van der Waals surface area contributed by atoms with E-state index in [0.29, 0.717) is 35.0 Å². The van der Waals surface area contributed by atoms with Crippen LogP contribution in [-0.2, 0) is 10.2 Å². The van der Waals surface area contributed by atoms with Crippen molar-refractivity contribution in [1.29, 1.82) is 0 Å². The highest BCUT2D eigenvalue weighted by molar-refractivity contribution is 6.30. The number of nitrogens with zero attached hydrogens (tertiary/aromatic N) is 2. The number of benzene rings is 2. The summed E-state index contributed by atoms with van der Waals surface area (Å²) in [6.45, 7) is 6.36. The number of carbonyl (C=O) groups excluding carboxylic acids is 2. The van der Waals surface area contributed by atoms with E-state index in [4.69, 9.17) is 16.3 Å². The molecule has 2 amide bonds. The molecule has 1 unspecified atom stereocenters. The number of fused-ring (bicyclic) bond motifs is 1. The van der Waals surface area contributed by atoms with Crippen molar-refractivity contribution in [1.82, 2.24) is 0 Å². The summed E-state index contributed by atoms with van der Waals surface area (Å²) in [6.07, 6.45) is 0.485. The molecule has 1 aliphatic rings. The van der Waals surface area contributed by atoms with Gasteiger partial charge in [0.25, 0.3) is 5.91 Å². The molecule has 34 heavy (non-hydrogen) atoms. The van der Waals surface area contributed by atoms with Gasteiger partial charge in [0.05, 0.1) is 23.2 Å².